The van der Waals surface area contributed by atoms with Gasteiger partial charge in [0.15, 0.2) is 10.9 Å². The number of carbonyl (C=O) groups excluding carboxylic acids is 14. The van der Waals surface area contributed by atoms with Crippen LogP contribution in [0.2, 0.25) is 0 Å². The van der Waals surface area contributed by atoms with Gasteiger partial charge in [-0.2, -0.15) is 0 Å². The zero-order chi connectivity index (χ0) is 99.8. The summed E-state index contributed by atoms with van der Waals surface area (Å²) in [6.07, 6.45) is -0.00422. The molecule has 1 aliphatic heterocycles. The Kier molecular flexibility index (Phi) is 41.9. The molecule has 0 bridgehead atoms. The van der Waals surface area contributed by atoms with Gasteiger partial charge in [0, 0.05) is 91.6 Å². The minimum absolute atomic E-state index is 0.00482. The van der Waals surface area contributed by atoms with Gasteiger partial charge in [-0.1, -0.05) is 286 Å². The summed E-state index contributed by atoms with van der Waals surface area (Å²) in [7, 11) is 7.16. The number of nitrogens with one attached hydrogen (secondary N) is 5. The van der Waals surface area contributed by atoms with Crippen molar-refractivity contribution in [3.63, 3.8) is 0 Å². The van der Waals surface area contributed by atoms with Gasteiger partial charge in [0.25, 0.3) is 0 Å². The lowest BCUT2D eigenvalue weighted by Crippen LogP contribution is -2.62. The van der Waals surface area contributed by atoms with Crippen molar-refractivity contribution in [2.45, 2.75) is 245 Å². The molecule has 5 N–H and O–H groups in total. The summed E-state index contributed by atoms with van der Waals surface area (Å²) < 4.78 is 13.1. The Morgan fingerprint density at radius 1 is 0.404 bits per heavy atom. The molecule has 1 heterocycles. The lowest BCUT2D eigenvalue weighted by atomic mass is 9.79. The lowest BCUT2D eigenvalue weighted by Gasteiger charge is -2.41. The minimum atomic E-state index is -1.68. The van der Waals surface area contributed by atoms with Crippen LogP contribution in [0, 0.1) is 35.5 Å². The quantitative estimate of drug-likeness (QED) is 0.0175. The average Bonchev–Trinajstić information content (AvgIpc) is 0.747. The van der Waals surface area contributed by atoms with Crippen molar-refractivity contribution in [1.82, 2.24) is 56.0 Å². The molecule has 732 valence electrons. The fourth-order valence-electron chi connectivity index (χ4n) is 17.3. The van der Waals surface area contributed by atoms with E-state index in [2.05, 4.69) is 26.6 Å². The summed E-state index contributed by atoms with van der Waals surface area (Å²) in [5.74, 6) is -12.1. The van der Waals surface area contributed by atoms with Gasteiger partial charge in [0.05, 0.1) is 25.1 Å². The molecular formula is C108H143N11O16S. The number of nitrogens with zero attached hydrogens (tertiary/aromatic N) is 6. The summed E-state index contributed by atoms with van der Waals surface area (Å²) in [6.45, 7) is 24.8. The maximum absolute atomic E-state index is 16.5. The van der Waals surface area contributed by atoms with Crippen LogP contribution < -0.4 is 26.6 Å². The summed E-state index contributed by atoms with van der Waals surface area (Å²) >= 11 is 0.950. The van der Waals surface area contributed by atoms with E-state index in [1.807, 2.05) is 155 Å². The van der Waals surface area contributed by atoms with Crippen molar-refractivity contribution in [2.24, 2.45) is 35.5 Å². The average molecular weight is 1880 g/mol. The maximum atomic E-state index is 16.5. The molecule has 0 saturated carbocycles. The van der Waals surface area contributed by atoms with E-state index in [0.29, 0.717) is 46.5 Å². The van der Waals surface area contributed by atoms with E-state index in [1.165, 1.54) is 59.7 Å². The third-order valence-electron chi connectivity index (χ3n) is 24.8. The number of likely N-dealkylation sites (N-methyl/N-ethyl adjacent to an activating group) is 5. The van der Waals surface area contributed by atoms with E-state index in [9.17, 15) is 24.0 Å². The van der Waals surface area contributed by atoms with Gasteiger partial charge in [-0.05, 0) is 136 Å². The minimum Gasteiger partial charge on any atom is -0.460 e. The number of Topliss-reactive ketones (excluding diaryl/α,β-unsaturated/α-hetero) is 1. The Labute approximate surface area is 808 Å². The molecule has 1 aliphatic rings. The van der Waals surface area contributed by atoms with Gasteiger partial charge in [-0.25, -0.2) is 0 Å². The molecule has 7 aromatic carbocycles. The number of piperidine rings is 1. The zero-order valence-corrected chi connectivity index (χ0v) is 83.5. The molecule has 0 unspecified atom stereocenters. The molecule has 7 aromatic rings. The Bertz CT molecular complexity index is 5010. The standard InChI is InChI=1S/C108H143N11O16S/c1-70(2)60-86(116(17)105(132)94(72(5)6)112-97(124)74(9)62-92(122)135-107(12,13)14)101(128)113-95(76(11)134-108(82-52-36-24-37-53-82,83-54-38-25-39-55-83)84-56-40-26-41-57-84)106(133)117(18)87(64-78-46-30-21-31-47-78)99(126)109-68-91(121)114(15)89(61-71(3)4)104(131)118(19)96(73(7)8)90(120)66-81(63-77-44-28-20-29-45-77)98(125)111-85(67-93(123)136-69-80-50-34-23-35-51-80)103(130)115(16)88(65-79-48-32-22-33-49-79)100(127)110-75(10)102(129)119-58-42-27-43-59-119/h20-26,28-41,44-57,70-76,81,85-89,94-96H,27,42-43,58-69H2,1-19H3,(H,109,126)(H,110,127)(H,111,125)(H,112,124)(H,113,128)/t74-,75+,76-,81-,85+,86+,87+,88+,89+,94+,95+,96+/m1/s1. The molecule has 12 atom stereocenters. The first-order valence-corrected chi connectivity index (χ1v) is 48.5. The van der Waals surface area contributed by atoms with Gasteiger partial charge >= 0.3 is 5.97 Å². The van der Waals surface area contributed by atoms with Crippen LogP contribution in [0.3, 0.4) is 0 Å². The summed E-state index contributed by atoms with van der Waals surface area (Å²) in [5, 5.41) is 14.0. The maximum Gasteiger partial charge on any atom is 0.307 e. The highest BCUT2D eigenvalue weighted by atomic mass is 32.2. The van der Waals surface area contributed by atoms with Crippen molar-refractivity contribution in [3.8, 4) is 0 Å². The normalized spacial score (nSPS) is 14.9. The second kappa shape index (κ2) is 52.2. The third kappa shape index (κ3) is 31.4. The van der Waals surface area contributed by atoms with Crippen LogP contribution in [-0.2, 0) is 107 Å². The van der Waals surface area contributed by atoms with Crippen LogP contribution in [0.15, 0.2) is 212 Å². The molecule has 8 rings (SSSR count). The third-order valence-corrected chi connectivity index (χ3v) is 25.8. The molecule has 136 heavy (non-hydrogen) atoms. The van der Waals surface area contributed by atoms with Crippen molar-refractivity contribution < 1.29 is 76.6 Å². The van der Waals surface area contributed by atoms with Crippen LogP contribution >= 0.6 is 11.8 Å². The monoisotopic (exact) mass is 1880 g/mol. The van der Waals surface area contributed by atoms with E-state index in [0.717, 1.165) is 36.6 Å². The second-order valence-electron chi connectivity index (χ2n) is 38.5. The molecule has 0 radical (unpaired) electrons. The molecule has 0 spiro atoms. The Morgan fingerprint density at radius 3 is 1.29 bits per heavy atom. The number of carbonyl (C=O) groups is 14. The van der Waals surface area contributed by atoms with E-state index in [1.54, 1.807) is 159 Å². The summed E-state index contributed by atoms with van der Waals surface area (Å²) in [6, 6.07) is 52.3. The second-order valence-corrected chi connectivity index (χ2v) is 39.5. The zero-order valence-electron chi connectivity index (χ0n) is 82.7. The number of ether oxygens (including phenoxy) is 2. The van der Waals surface area contributed by atoms with Gasteiger partial charge in [0.1, 0.15) is 59.5 Å². The Hall–Kier alpha value is -12.2. The molecular weight excluding hydrogens is 1740 g/mol. The molecule has 11 amide bonds. The largest absolute Gasteiger partial charge is 0.460 e. The van der Waals surface area contributed by atoms with Crippen molar-refractivity contribution >= 4 is 93.6 Å². The molecule has 28 heteroatoms. The van der Waals surface area contributed by atoms with Crippen molar-refractivity contribution in [1.29, 1.82) is 0 Å². The van der Waals surface area contributed by atoms with E-state index in [4.69, 9.17) is 9.47 Å². The van der Waals surface area contributed by atoms with Crippen LogP contribution in [0.1, 0.15) is 187 Å². The first kappa shape index (κ1) is 109. The molecule has 1 fully saturated rings. The number of likely N-dealkylation sites (tertiary alicyclic amines) is 1. The van der Waals surface area contributed by atoms with Crippen LogP contribution in [0.4, 0.5) is 0 Å². The van der Waals surface area contributed by atoms with Gasteiger partial charge in [-0.15, -0.1) is 0 Å². The molecule has 0 aliphatic carbocycles. The lowest BCUT2D eigenvalue weighted by molar-refractivity contribution is -0.157. The number of thioether (sulfide) groups is 1. The van der Waals surface area contributed by atoms with Crippen molar-refractivity contribution in [2.75, 3.05) is 54.9 Å². The van der Waals surface area contributed by atoms with E-state index < -0.39 is 191 Å². The Morgan fingerprint density at radius 2 is 0.824 bits per heavy atom. The van der Waals surface area contributed by atoms with Crippen LogP contribution in [0.5, 0.6) is 0 Å². The first-order valence-electron chi connectivity index (χ1n) is 47.5. The highest BCUT2D eigenvalue weighted by Gasteiger charge is 2.47. The fourth-order valence-corrected chi connectivity index (χ4v) is 18.1. The SMILES string of the molecule is CC(C)C[C@@H](C(=O)N(C)[C@H](C(=O)C[C@@H](Cc1ccccc1)C(=O)N[C@@H](CC(=O)SCc1ccccc1)C(=O)N(C)[C@@H](Cc1ccccc1)C(=O)N[C@@H](C)C(=O)N1CCCCC1)C(C)C)N(C)C(=O)CNC(=O)[C@H](Cc1ccccc1)N(C)C(=O)[C@@H](NC(=O)[C@H](CC(C)C)N(C)C(=O)[C@@H](NC(=O)[C@H](C)CC(=O)OC(C)(C)C)C(C)C)[C@@H](C)OC(c1ccccc1)(c1ccccc1)c1ccccc1. The first-order chi connectivity index (χ1) is 64.5. The smallest absolute Gasteiger partial charge is 0.307 e. The number of amides is 11. The molecule has 0 aromatic heterocycles. The number of benzene rings is 7. The highest BCUT2D eigenvalue weighted by Crippen LogP contribution is 2.42. The number of hydrogen-bond donors (Lipinski definition) is 5. The predicted molar refractivity (Wildman–Crippen MR) is 529 cm³/mol. The van der Waals surface area contributed by atoms with Gasteiger partial charge in [-0.3, -0.25) is 67.1 Å². The summed E-state index contributed by atoms with van der Waals surface area (Å²) in [5.41, 5.74) is 2.43. The number of rotatable bonds is 48. The number of ketones is 1. The molecule has 1 saturated heterocycles. The molecule has 27 nitrogen and oxygen atoms in total. The number of hydrogen-bond acceptors (Lipinski definition) is 17. The topological polar surface area (TPSA) is 337 Å². The highest BCUT2D eigenvalue weighted by molar-refractivity contribution is 8.12. The summed E-state index contributed by atoms with van der Waals surface area (Å²) in [4.78, 5) is 218. The van der Waals surface area contributed by atoms with E-state index in [-0.39, 0.29) is 62.0 Å². The van der Waals surface area contributed by atoms with E-state index >= 15 is 43.2 Å². The van der Waals surface area contributed by atoms with Gasteiger partial charge in [0.2, 0.25) is 65.0 Å². The van der Waals surface area contributed by atoms with Gasteiger partial charge < -0.3 is 65.5 Å². The number of esters is 1. The fraction of sp³-hybridized carbons (Fsp3) is 0.481. The van der Waals surface area contributed by atoms with Crippen molar-refractivity contribution in [3.05, 3.63) is 251 Å². The predicted octanol–water partition coefficient (Wildman–Crippen LogP) is 12.5. The van der Waals surface area contributed by atoms with Crippen LogP contribution in [-0.4, -0.2) is 232 Å². The van der Waals surface area contributed by atoms with Crippen LogP contribution in [0.25, 0.3) is 0 Å². The Balaban J connectivity index is 1.09.